The molecule has 0 radical (unpaired) electrons. The van der Waals surface area contributed by atoms with Crippen LogP contribution in [0.2, 0.25) is 0 Å². The number of carbonyl (C=O) groups is 1. The van der Waals surface area contributed by atoms with E-state index in [-0.39, 0.29) is 5.91 Å². The molecule has 0 unspecified atom stereocenters. The van der Waals surface area contributed by atoms with Gasteiger partial charge in [0.15, 0.2) is 16.6 Å². The van der Waals surface area contributed by atoms with Crippen LogP contribution in [0.5, 0.6) is 11.5 Å². The predicted octanol–water partition coefficient (Wildman–Crippen LogP) is 2.20. The summed E-state index contributed by atoms with van der Waals surface area (Å²) in [7, 11) is 1.57. The number of thiocarbonyl (C=S) groups is 1. The van der Waals surface area contributed by atoms with Gasteiger partial charge in [-0.2, -0.15) is 0 Å². The molecule has 1 aliphatic heterocycles. The molecule has 0 bridgehead atoms. The van der Waals surface area contributed by atoms with Crippen LogP contribution in [-0.2, 0) is 4.79 Å². The van der Waals surface area contributed by atoms with E-state index in [0.717, 1.165) is 10.0 Å². The number of carbonyl (C=O) groups excluding carboxylic acids is 1. The number of nitrogens with one attached hydrogen (secondary N) is 2. The van der Waals surface area contributed by atoms with Gasteiger partial charge in [0, 0.05) is 0 Å². The van der Waals surface area contributed by atoms with Crippen molar-refractivity contribution in [3.05, 3.63) is 27.9 Å². The Balaban J connectivity index is 2.40. The molecule has 1 heterocycles. The van der Waals surface area contributed by atoms with Crippen molar-refractivity contribution in [1.82, 2.24) is 10.6 Å². The SMILES string of the molecule is CCOc1cc(/C=C2/NC(=S)NC2=O)cc(Br)c1OC. The lowest BCUT2D eigenvalue weighted by Crippen LogP contribution is -2.21. The molecule has 0 aliphatic carbocycles. The first-order chi connectivity index (χ1) is 9.55. The number of rotatable bonds is 4. The zero-order valence-electron chi connectivity index (χ0n) is 11.0. The molecule has 0 saturated carbocycles. The highest BCUT2D eigenvalue weighted by Crippen LogP contribution is 2.37. The highest BCUT2D eigenvalue weighted by molar-refractivity contribution is 9.10. The monoisotopic (exact) mass is 356 g/mol. The Kier molecular flexibility index (Phi) is 4.61. The molecule has 1 aliphatic rings. The van der Waals surface area contributed by atoms with Gasteiger partial charge >= 0.3 is 0 Å². The average molecular weight is 357 g/mol. The van der Waals surface area contributed by atoms with Gasteiger partial charge in [-0.3, -0.25) is 10.1 Å². The van der Waals surface area contributed by atoms with Crippen LogP contribution in [0.25, 0.3) is 6.08 Å². The quantitative estimate of drug-likeness (QED) is 0.639. The van der Waals surface area contributed by atoms with Gasteiger partial charge in [0.05, 0.1) is 18.2 Å². The van der Waals surface area contributed by atoms with Crippen molar-refractivity contribution in [2.24, 2.45) is 0 Å². The summed E-state index contributed by atoms with van der Waals surface area (Å²) in [6.07, 6.45) is 1.70. The maximum atomic E-state index is 11.6. The van der Waals surface area contributed by atoms with Gasteiger partial charge in [-0.1, -0.05) is 0 Å². The fraction of sp³-hybridized carbons (Fsp3) is 0.231. The molecule has 5 nitrogen and oxygen atoms in total. The molecule has 2 N–H and O–H groups in total. The van der Waals surface area contributed by atoms with Gasteiger partial charge < -0.3 is 14.8 Å². The number of hydrogen-bond donors (Lipinski definition) is 2. The second-order valence-electron chi connectivity index (χ2n) is 3.93. The van der Waals surface area contributed by atoms with Crippen molar-refractivity contribution >= 4 is 45.2 Å². The van der Waals surface area contributed by atoms with Crippen LogP contribution < -0.4 is 20.1 Å². The van der Waals surface area contributed by atoms with Crippen molar-refractivity contribution < 1.29 is 14.3 Å². The molecule has 0 spiro atoms. The smallest absolute Gasteiger partial charge is 0.273 e. The summed E-state index contributed by atoms with van der Waals surface area (Å²) in [5.74, 6) is 0.977. The highest BCUT2D eigenvalue weighted by Gasteiger charge is 2.20. The molecule has 2 rings (SSSR count). The van der Waals surface area contributed by atoms with Crippen LogP contribution in [0, 0.1) is 0 Å². The van der Waals surface area contributed by atoms with Gasteiger partial charge in [0.2, 0.25) is 0 Å². The van der Waals surface area contributed by atoms with E-state index in [1.54, 1.807) is 19.3 Å². The summed E-state index contributed by atoms with van der Waals surface area (Å²) in [6, 6.07) is 3.64. The Morgan fingerprint density at radius 3 is 2.70 bits per heavy atom. The summed E-state index contributed by atoms with van der Waals surface area (Å²) >= 11 is 8.31. The van der Waals surface area contributed by atoms with E-state index >= 15 is 0 Å². The minimum absolute atomic E-state index is 0.250. The molecular formula is C13H13BrN2O3S. The third-order valence-corrected chi connectivity index (χ3v) is 3.36. The third kappa shape index (κ3) is 3.10. The summed E-state index contributed by atoms with van der Waals surface area (Å²) in [5.41, 5.74) is 1.19. The Morgan fingerprint density at radius 1 is 1.40 bits per heavy atom. The number of ether oxygens (including phenoxy) is 2. The van der Waals surface area contributed by atoms with Crippen molar-refractivity contribution in [3.8, 4) is 11.5 Å². The second-order valence-corrected chi connectivity index (χ2v) is 5.20. The Hall–Kier alpha value is -1.60. The van der Waals surface area contributed by atoms with Crippen molar-refractivity contribution in [1.29, 1.82) is 0 Å². The van der Waals surface area contributed by atoms with Crippen LogP contribution in [0.1, 0.15) is 12.5 Å². The first kappa shape index (κ1) is 14.8. The zero-order valence-corrected chi connectivity index (χ0v) is 13.4. The van der Waals surface area contributed by atoms with Gasteiger partial charge in [-0.05, 0) is 58.8 Å². The predicted molar refractivity (Wildman–Crippen MR) is 83.7 cm³/mol. The third-order valence-electron chi connectivity index (χ3n) is 2.57. The lowest BCUT2D eigenvalue weighted by atomic mass is 10.1. The molecular weight excluding hydrogens is 344 g/mol. The van der Waals surface area contributed by atoms with E-state index in [1.165, 1.54) is 0 Å². The molecule has 1 aromatic carbocycles. The van der Waals surface area contributed by atoms with Crippen molar-refractivity contribution in [3.63, 3.8) is 0 Å². The fourth-order valence-electron chi connectivity index (χ4n) is 1.78. The van der Waals surface area contributed by atoms with Crippen LogP contribution >= 0.6 is 28.1 Å². The molecule has 20 heavy (non-hydrogen) atoms. The summed E-state index contributed by atoms with van der Waals surface area (Å²) in [4.78, 5) is 11.6. The van der Waals surface area contributed by atoms with Crippen LogP contribution in [0.4, 0.5) is 0 Å². The van der Waals surface area contributed by atoms with E-state index in [1.807, 2.05) is 13.0 Å². The van der Waals surface area contributed by atoms with Crippen LogP contribution in [0.15, 0.2) is 22.3 Å². The first-order valence-corrected chi connectivity index (χ1v) is 7.09. The summed E-state index contributed by atoms with van der Waals surface area (Å²) in [6.45, 7) is 2.41. The summed E-state index contributed by atoms with van der Waals surface area (Å²) < 4.78 is 11.6. The van der Waals surface area contributed by atoms with E-state index < -0.39 is 0 Å². The molecule has 1 aromatic rings. The maximum Gasteiger partial charge on any atom is 0.273 e. The average Bonchev–Trinajstić information content (AvgIpc) is 2.68. The Labute approximate surface area is 130 Å². The van der Waals surface area contributed by atoms with E-state index in [0.29, 0.717) is 28.9 Å². The molecule has 1 amide bonds. The van der Waals surface area contributed by atoms with E-state index in [4.69, 9.17) is 21.7 Å². The molecule has 7 heteroatoms. The molecule has 1 fully saturated rings. The lowest BCUT2D eigenvalue weighted by Gasteiger charge is -2.12. The van der Waals surface area contributed by atoms with E-state index in [9.17, 15) is 4.79 Å². The summed E-state index contributed by atoms with van der Waals surface area (Å²) in [5, 5.41) is 5.61. The van der Waals surface area contributed by atoms with Crippen molar-refractivity contribution in [2.75, 3.05) is 13.7 Å². The van der Waals surface area contributed by atoms with Crippen LogP contribution in [-0.4, -0.2) is 24.7 Å². The number of hydrogen-bond acceptors (Lipinski definition) is 4. The van der Waals surface area contributed by atoms with Gasteiger partial charge in [-0.25, -0.2) is 0 Å². The number of halogens is 1. The Morgan fingerprint density at radius 2 is 2.15 bits per heavy atom. The topological polar surface area (TPSA) is 59.6 Å². The Bertz CT molecular complexity index is 602. The molecule has 1 saturated heterocycles. The lowest BCUT2D eigenvalue weighted by molar-refractivity contribution is -0.115. The van der Waals surface area contributed by atoms with E-state index in [2.05, 4.69) is 26.6 Å². The fourth-order valence-corrected chi connectivity index (χ4v) is 2.61. The van der Waals surface area contributed by atoms with Gasteiger partial charge in [-0.15, -0.1) is 0 Å². The molecule has 0 atom stereocenters. The normalized spacial score (nSPS) is 16.1. The molecule has 106 valence electrons. The standard InChI is InChI=1S/C13H13BrN2O3S/c1-3-19-10-6-7(4-8(14)11(10)18-2)5-9-12(17)16-13(20)15-9/h4-6H,3H2,1-2H3,(H2,15,16,17,20)/b9-5+. The number of methoxy groups -OCH3 is 1. The minimum atomic E-state index is -0.250. The zero-order chi connectivity index (χ0) is 14.7. The highest BCUT2D eigenvalue weighted by atomic mass is 79.9. The van der Waals surface area contributed by atoms with Crippen LogP contribution in [0.3, 0.4) is 0 Å². The second kappa shape index (κ2) is 6.23. The van der Waals surface area contributed by atoms with Gasteiger partial charge in [0.25, 0.3) is 5.91 Å². The minimum Gasteiger partial charge on any atom is -0.492 e. The maximum absolute atomic E-state index is 11.6. The van der Waals surface area contributed by atoms with Crippen molar-refractivity contribution in [2.45, 2.75) is 6.92 Å². The largest absolute Gasteiger partial charge is 0.492 e. The number of amides is 1. The first-order valence-electron chi connectivity index (χ1n) is 5.89. The molecule has 0 aromatic heterocycles. The van der Waals surface area contributed by atoms with Gasteiger partial charge in [0.1, 0.15) is 5.70 Å². The number of benzene rings is 1.